The molecule has 1 saturated carbocycles. The maximum atomic E-state index is 13.1. The summed E-state index contributed by atoms with van der Waals surface area (Å²) in [4.78, 5) is 22.4. The highest BCUT2D eigenvalue weighted by molar-refractivity contribution is 9.10. The van der Waals surface area contributed by atoms with E-state index in [2.05, 4.69) is 38.8 Å². The molecular formula is C20H28BrN3O. The van der Waals surface area contributed by atoms with Crippen molar-refractivity contribution in [1.82, 2.24) is 9.88 Å². The van der Waals surface area contributed by atoms with Gasteiger partial charge in [-0.3, -0.25) is 14.7 Å². The third-order valence-electron chi connectivity index (χ3n) is 6.52. The average molecular weight is 406 g/mol. The Hall–Kier alpha value is -0.940. The first kappa shape index (κ1) is 17.5. The van der Waals surface area contributed by atoms with Crippen LogP contribution in [0.1, 0.15) is 65.0 Å². The molecule has 136 valence electrons. The Morgan fingerprint density at radius 1 is 1.12 bits per heavy atom. The van der Waals surface area contributed by atoms with Gasteiger partial charge in [-0.2, -0.15) is 0 Å². The lowest BCUT2D eigenvalue weighted by Crippen LogP contribution is -2.63. The number of amides is 1. The van der Waals surface area contributed by atoms with Crippen molar-refractivity contribution in [2.75, 3.05) is 18.0 Å². The monoisotopic (exact) mass is 405 g/mol. The summed E-state index contributed by atoms with van der Waals surface area (Å²) in [5, 5.41) is 0. The summed E-state index contributed by atoms with van der Waals surface area (Å²) >= 11 is 3.52. The largest absolute Gasteiger partial charge is 0.307 e. The number of hydrogen-bond donors (Lipinski definition) is 0. The molecular weight excluding hydrogens is 378 g/mol. The Balaban J connectivity index is 1.56. The van der Waals surface area contributed by atoms with Crippen molar-refractivity contribution >= 4 is 27.5 Å². The Kier molecular flexibility index (Phi) is 4.23. The highest BCUT2D eigenvalue weighted by Crippen LogP contribution is 2.49. The maximum absolute atomic E-state index is 13.1. The number of anilines is 1. The van der Waals surface area contributed by atoms with E-state index in [0.717, 1.165) is 28.7 Å². The Bertz CT molecular complexity index is 688. The first-order valence-corrected chi connectivity index (χ1v) is 10.4. The number of carbonyl (C=O) groups excluding carboxylic acids is 1. The van der Waals surface area contributed by atoms with Crippen molar-refractivity contribution in [3.8, 4) is 0 Å². The number of nitrogens with zero attached hydrogens (tertiary/aromatic N) is 3. The van der Waals surface area contributed by atoms with E-state index < -0.39 is 5.41 Å². The highest BCUT2D eigenvalue weighted by Gasteiger charge is 2.54. The van der Waals surface area contributed by atoms with Gasteiger partial charge in [-0.05, 0) is 81.5 Å². The summed E-state index contributed by atoms with van der Waals surface area (Å²) < 4.78 is 0.941. The van der Waals surface area contributed by atoms with Gasteiger partial charge in [0.15, 0.2) is 0 Å². The van der Waals surface area contributed by atoms with E-state index in [-0.39, 0.29) is 11.4 Å². The number of carbonyl (C=O) groups is 1. The second-order valence-corrected chi connectivity index (χ2v) is 9.70. The van der Waals surface area contributed by atoms with E-state index in [4.69, 9.17) is 0 Å². The molecule has 1 aromatic rings. The molecule has 25 heavy (non-hydrogen) atoms. The van der Waals surface area contributed by atoms with E-state index >= 15 is 0 Å². The molecule has 3 heterocycles. The SMILES string of the molecule is CC1(C)C(=O)N(C2CC(C)(N3CCCCCC3)C2)c2cc(Br)cnc21. The zero-order valence-electron chi connectivity index (χ0n) is 15.5. The van der Waals surface area contributed by atoms with Gasteiger partial charge in [0, 0.05) is 22.3 Å². The van der Waals surface area contributed by atoms with E-state index in [0.29, 0.717) is 6.04 Å². The van der Waals surface area contributed by atoms with Crippen molar-refractivity contribution in [2.24, 2.45) is 0 Å². The lowest BCUT2D eigenvalue weighted by Gasteiger charge is -2.54. The Labute approximate surface area is 159 Å². The van der Waals surface area contributed by atoms with E-state index in [1.54, 1.807) is 6.20 Å². The van der Waals surface area contributed by atoms with Gasteiger partial charge in [0.25, 0.3) is 0 Å². The number of pyridine rings is 1. The van der Waals surface area contributed by atoms with Gasteiger partial charge in [0.1, 0.15) is 0 Å². The molecule has 1 aromatic heterocycles. The first-order valence-electron chi connectivity index (χ1n) is 9.58. The predicted octanol–water partition coefficient (Wildman–Crippen LogP) is 4.27. The fourth-order valence-electron chi connectivity index (χ4n) is 4.97. The summed E-state index contributed by atoms with van der Waals surface area (Å²) in [6.45, 7) is 8.82. The number of aromatic nitrogens is 1. The van der Waals surface area contributed by atoms with Crippen LogP contribution < -0.4 is 4.90 Å². The van der Waals surface area contributed by atoms with Crippen molar-refractivity contribution < 1.29 is 4.79 Å². The average Bonchev–Trinajstić information content (AvgIpc) is 2.75. The molecule has 0 N–H and O–H groups in total. The standard InChI is InChI=1S/C20H28BrN3O/c1-19(2)17-16(10-14(21)13-22-17)24(18(19)25)15-11-20(3,12-15)23-8-6-4-5-7-9-23/h10,13,15H,4-9,11-12H2,1-3H3. The zero-order valence-corrected chi connectivity index (χ0v) is 17.1. The van der Waals surface area contributed by atoms with Crippen molar-refractivity contribution in [1.29, 1.82) is 0 Å². The van der Waals surface area contributed by atoms with E-state index in [1.165, 1.54) is 38.8 Å². The summed E-state index contributed by atoms with van der Waals surface area (Å²) in [6.07, 6.45) is 9.30. The van der Waals surface area contributed by atoms with Gasteiger partial charge in [-0.25, -0.2) is 0 Å². The molecule has 0 aromatic carbocycles. The molecule has 1 amide bonds. The fraction of sp³-hybridized carbons (Fsp3) is 0.700. The van der Waals surface area contributed by atoms with Crippen LogP contribution in [0.3, 0.4) is 0 Å². The lowest BCUT2D eigenvalue weighted by atomic mass is 9.71. The summed E-state index contributed by atoms with van der Waals surface area (Å²) in [5.74, 6) is 0.205. The minimum Gasteiger partial charge on any atom is -0.307 e. The van der Waals surface area contributed by atoms with Crippen LogP contribution in [0.15, 0.2) is 16.7 Å². The first-order chi connectivity index (χ1) is 11.8. The van der Waals surface area contributed by atoms with Crippen LogP contribution >= 0.6 is 15.9 Å². The van der Waals surface area contributed by atoms with Crippen LogP contribution in [-0.2, 0) is 10.2 Å². The Morgan fingerprint density at radius 3 is 2.40 bits per heavy atom. The molecule has 2 aliphatic heterocycles. The molecule has 0 spiro atoms. The third-order valence-corrected chi connectivity index (χ3v) is 6.96. The van der Waals surface area contributed by atoms with Gasteiger partial charge in [-0.1, -0.05) is 12.8 Å². The van der Waals surface area contributed by atoms with Crippen LogP contribution in [0.5, 0.6) is 0 Å². The molecule has 5 heteroatoms. The van der Waals surface area contributed by atoms with Crippen LogP contribution in [0.4, 0.5) is 5.69 Å². The second-order valence-electron chi connectivity index (χ2n) is 8.78. The molecule has 0 atom stereocenters. The van der Waals surface area contributed by atoms with Crippen LogP contribution in [-0.4, -0.2) is 40.5 Å². The minimum absolute atomic E-state index is 0.205. The van der Waals surface area contributed by atoms with Crippen molar-refractivity contribution in [3.05, 3.63) is 22.4 Å². The topological polar surface area (TPSA) is 36.4 Å². The Morgan fingerprint density at radius 2 is 1.76 bits per heavy atom. The summed E-state index contributed by atoms with van der Waals surface area (Å²) in [5.41, 5.74) is 1.66. The van der Waals surface area contributed by atoms with Gasteiger partial charge >= 0.3 is 0 Å². The number of fused-ring (bicyclic) bond motifs is 1. The molecule has 0 radical (unpaired) electrons. The fourth-order valence-corrected chi connectivity index (χ4v) is 5.29. The van der Waals surface area contributed by atoms with Gasteiger partial charge in [0.05, 0.1) is 16.8 Å². The molecule has 0 bridgehead atoms. The number of hydrogen-bond acceptors (Lipinski definition) is 3. The minimum atomic E-state index is -0.523. The van der Waals surface area contributed by atoms with Crippen LogP contribution in [0.25, 0.3) is 0 Å². The molecule has 1 saturated heterocycles. The van der Waals surface area contributed by atoms with Crippen LogP contribution in [0.2, 0.25) is 0 Å². The van der Waals surface area contributed by atoms with Gasteiger partial charge < -0.3 is 4.90 Å². The quantitative estimate of drug-likeness (QED) is 0.736. The van der Waals surface area contributed by atoms with E-state index in [9.17, 15) is 4.79 Å². The third kappa shape index (κ3) is 2.74. The molecule has 1 aliphatic carbocycles. The van der Waals surface area contributed by atoms with Crippen LogP contribution in [0, 0.1) is 0 Å². The number of halogens is 1. The molecule has 4 rings (SSSR count). The molecule has 2 fully saturated rings. The number of rotatable bonds is 2. The lowest BCUT2D eigenvalue weighted by molar-refractivity contribution is -0.123. The smallest absolute Gasteiger partial charge is 0.239 e. The summed E-state index contributed by atoms with van der Waals surface area (Å²) in [6, 6.07) is 2.37. The molecule has 0 unspecified atom stereocenters. The van der Waals surface area contributed by atoms with Gasteiger partial charge in [0.2, 0.25) is 5.91 Å². The summed E-state index contributed by atoms with van der Waals surface area (Å²) in [7, 11) is 0. The zero-order chi connectivity index (χ0) is 17.8. The highest BCUT2D eigenvalue weighted by atomic mass is 79.9. The van der Waals surface area contributed by atoms with Gasteiger partial charge in [-0.15, -0.1) is 0 Å². The second kappa shape index (κ2) is 6.05. The predicted molar refractivity (Wildman–Crippen MR) is 104 cm³/mol. The number of likely N-dealkylation sites (tertiary alicyclic amines) is 1. The molecule has 4 nitrogen and oxygen atoms in total. The van der Waals surface area contributed by atoms with Crippen molar-refractivity contribution in [3.63, 3.8) is 0 Å². The maximum Gasteiger partial charge on any atom is 0.239 e. The normalized spacial score (nSPS) is 32.2. The van der Waals surface area contributed by atoms with E-state index in [1.807, 2.05) is 18.7 Å². The van der Waals surface area contributed by atoms with Crippen molar-refractivity contribution in [2.45, 2.75) is 76.3 Å². The molecule has 3 aliphatic rings.